The van der Waals surface area contributed by atoms with E-state index in [1.165, 1.54) is 6.07 Å². The van der Waals surface area contributed by atoms with Gasteiger partial charge < -0.3 is 24.1 Å². The normalized spacial score (nSPS) is 17.6. The summed E-state index contributed by atoms with van der Waals surface area (Å²) in [4.78, 5) is 60.5. The fraction of sp³-hybridized carbons (Fsp3) is 0.500. The number of rotatable bonds is 14. The Morgan fingerprint density at radius 3 is 2.24 bits per heavy atom. The van der Waals surface area contributed by atoms with Crippen molar-refractivity contribution in [1.82, 2.24) is 10.2 Å². The lowest BCUT2D eigenvalue weighted by Crippen LogP contribution is -2.54. The first-order chi connectivity index (χ1) is 16.4. The minimum absolute atomic E-state index is 0.0476. The van der Waals surface area contributed by atoms with Crippen molar-refractivity contribution in [3.8, 4) is 5.75 Å². The zero-order valence-corrected chi connectivity index (χ0v) is 18.4. The fourth-order valence-electron chi connectivity index (χ4n) is 3.52. The smallest absolute Gasteiger partial charge is 0.305 e. The SMILES string of the molecule is O=C(O)CCOCCOCCOCCOc1cccc2c1C(=O)N(C1CCC(=O)NC1=O)C2=O. The standard InChI is InChI=1S/C22H26N2O10/c25-17-5-4-15(20(28)23-17)24-21(29)14-2-1-3-16(19(14)22(24)30)34-13-12-33-11-10-32-9-8-31-7-6-18(26)27/h1-3,15H,4-13H2,(H,26,27)(H,23,25,28). The molecular formula is C22H26N2O10. The Bertz CT molecular complexity index is 948. The molecule has 0 aliphatic carbocycles. The van der Waals surface area contributed by atoms with Crippen LogP contribution in [0.4, 0.5) is 0 Å². The number of ether oxygens (including phenoxy) is 4. The van der Waals surface area contributed by atoms with Crippen LogP contribution in [0.5, 0.6) is 5.75 Å². The van der Waals surface area contributed by atoms with Crippen molar-refractivity contribution in [2.75, 3.05) is 46.2 Å². The predicted molar refractivity (Wildman–Crippen MR) is 113 cm³/mol. The second-order valence-electron chi connectivity index (χ2n) is 7.46. The summed E-state index contributed by atoms with van der Waals surface area (Å²) in [6, 6.07) is 3.60. The highest BCUT2D eigenvalue weighted by molar-refractivity contribution is 6.24. The van der Waals surface area contributed by atoms with Gasteiger partial charge in [-0.15, -0.1) is 0 Å². The molecule has 12 heteroatoms. The summed E-state index contributed by atoms with van der Waals surface area (Å²) in [5, 5.41) is 10.6. The van der Waals surface area contributed by atoms with Crippen LogP contribution in [-0.2, 0) is 28.6 Å². The third kappa shape index (κ3) is 6.37. The average Bonchev–Trinajstić information content (AvgIpc) is 3.05. The number of amides is 4. The molecule has 34 heavy (non-hydrogen) atoms. The highest BCUT2D eigenvalue weighted by atomic mass is 16.6. The molecule has 1 fully saturated rings. The van der Waals surface area contributed by atoms with Gasteiger partial charge in [0.15, 0.2) is 0 Å². The Morgan fingerprint density at radius 1 is 0.941 bits per heavy atom. The topological polar surface area (TPSA) is 158 Å². The van der Waals surface area contributed by atoms with Crippen LogP contribution in [-0.4, -0.2) is 91.9 Å². The summed E-state index contributed by atoms with van der Waals surface area (Å²) in [6.45, 7) is 1.68. The summed E-state index contributed by atoms with van der Waals surface area (Å²) < 4.78 is 21.4. The molecule has 2 aliphatic rings. The highest BCUT2D eigenvalue weighted by Crippen LogP contribution is 2.33. The lowest BCUT2D eigenvalue weighted by atomic mass is 10.0. The number of benzene rings is 1. The van der Waals surface area contributed by atoms with Crippen molar-refractivity contribution >= 4 is 29.6 Å². The highest BCUT2D eigenvalue weighted by Gasteiger charge is 2.45. The number of nitrogens with one attached hydrogen (secondary N) is 1. The van der Waals surface area contributed by atoms with E-state index in [9.17, 15) is 24.0 Å². The maximum Gasteiger partial charge on any atom is 0.305 e. The molecule has 1 aromatic rings. The van der Waals surface area contributed by atoms with Crippen LogP contribution in [0.3, 0.4) is 0 Å². The van der Waals surface area contributed by atoms with Gasteiger partial charge in [-0.2, -0.15) is 0 Å². The van der Waals surface area contributed by atoms with E-state index in [1.54, 1.807) is 12.1 Å². The van der Waals surface area contributed by atoms with Crippen LogP contribution in [0.2, 0.25) is 0 Å². The number of fused-ring (bicyclic) bond motifs is 1. The molecule has 2 heterocycles. The van der Waals surface area contributed by atoms with Crippen molar-refractivity contribution in [2.24, 2.45) is 0 Å². The lowest BCUT2D eigenvalue weighted by molar-refractivity contribution is -0.138. The van der Waals surface area contributed by atoms with Gasteiger partial charge in [-0.3, -0.25) is 34.2 Å². The summed E-state index contributed by atoms with van der Waals surface area (Å²) in [6.07, 6.45) is 0.0745. The second kappa shape index (κ2) is 12.2. The van der Waals surface area contributed by atoms with E-state index in [0.29, 0.717) is 19.8 Å². The number of carboxylic acid groups (broad SMARTS) is 1. The summed E-state index contributed by atoms with van der Waals surface area (Å²) in [7, 11) is 0. The quantitative estimate of drug-likeness (QED) is 0.275. The van der Waals surface area contributed by atoms with Gasteiger partial charge in [0, 0.05) is 6.42 Å². The van der Waals surface area contributed by atoms with Gasteiger partial charge in [-0.05, 0) is 18.6 Å². The summed E-state index contributed by atoms with van der Waals surface area (Å²) in [5.41, 5.74) is 0.232. The number of hydrogen-bond acceptors (Lipinski definition) is 9. The van der Waals surface area contributed by atoms with Gasteiger partial charge in [0.25, 0.3) is 11.8 Å². The van der Waals surface area contributed by atoms with Crippen molar-refractivity contribution in [3.05, 3.63) is 29.3 Å². The van der Waals surface area contributed by atoms with E-state index < -0.39 is 35.6 Å². The van der Waals surface area contributed by atoms with Crippen LogP contribution >= 0.6 is 0 Å². The molecule has 0 bridgehead atoms. The monoisotopic (exact) mass is 478 g/mol. The Balaban J connectivity index is 1.40. The molecule has 1 saturated heterocycles. The van der Waals surface area contributed by atoms with Gasteiger partial charge in [0.1, 0.15) is 18.4 Å². The number of carbonyl (C=O) groups is 5. The van der Waals surface area contributed by atoms with E-state index >= 15 is 0 Å². The zero-order chi connectivity index (χ0) is 24.5. The Labute approximate surface area is 195 Å². The van der Waals surface area contributed by atoms with Crippen molar-refractivity contribution in [3.63, 3.8) is 0 Å². The number of carboxylic acids is 1. The molecular weight excluding hydrogens is 452 g/mol. The maximum absolute atomic E-state index is 13.0. The summed E-state index contributed by atoms with van der Waals surface area (Å²) >= 11 is 0. The molecule has 184 valence electrons. The van der Waals surface area contributed by atoms with Gasteiger partial charge in [0.05, 0.1) is 57.2 Å². The number of imide groups is 2. The molecule has 1 aromatic carbocycles. The number of aliphatic carboxylic acids is 1. The number of nitrogens with zero attached hydrogens (tertiary/aromatic N) is 1. The van der Waals surface area contributed by atoms with E-state index in [2.05, 4.69) is 5.32 Å². The first-order valence-corrected chi connectivity index (χ1v) is 10.8. The van der Waals surface area contributed by atoms with E-state index in [1.807, 2.05) is 0 Å². The van der Waals surface area contributed by atoms with Gasteiger partial charge in [0.2, 0.25) is 11.8 Å². The molecule has 3 rings (SSSR count). The van der Waals surface area contributed by atoms with Crippen LogP contribution in [0.1, 0.15) is 40.0 Å². The average molecular weight is 478 g/mol. The zero-order valence-electron chi connectivity index (χ0n) is 18.4. The van der Waals surface area contributed by atoms with E-state index in [4.69, 9.17) is 24.1 Å². The number of hydrogen-bond donors (Lipinski definition) is 2. The van der Waals surface area contributed by atoms with Gasteiger partial charge >= 0.3 is 5.97 Å². The third-order valence-corrected chi connectivity index (χ3v) is 5.12. The van der Waals surface area contributed by atoms with Crippen molar-refractivity contribution in [1.29, 1.82) is 0 Å². The first-order valence-electron chi connectivity index (χ1n) is 10.8. The van der Waals surface area contributed by atoms with Crippen LogP contribution in [0.25, 0.3) is 0 Å². The van der Waals surface area contributed by atoms with E-state index in [-0.39, 0.29) is 62.6 Å². The van der Waals surface area contributed by atoms with Crippen molar-refractivity contribution < 1.29 is 48.0 Å². The Kier molecular flexibility index (Phi) is 9.08. The summed E-state index contributed by atoms with van der Waals surface area (Å²) in [5.74, 6) is -3.04. The molecule has 2 aliphatic heterocycles. The number of piperidine rings is 1. The minimum atomic E-state index is -1.04. The molecule has 0 aromatic heterocycles. The molecule has 4 amide bonds. The molecule has 12 nitrogen and oxygen atoms in total. The first kappa shape index (κ1) is 25.3. The van der Waals surface area contributed by atoms with Crippen LogP contribution < -0.4 is 10.1 Å². The molecule has 0 saturated carbocycles. The van der Waals surface area contributed by atoms with Gasteiger partial charge in [-0.1, -0.05) is 6.07 Å². The van der Waals surface area contributed by atoms with Crippen LogP contribution in [0, 0.1) is 0 Å². The molecule has 0 spiro atoms. The predicted octanol–water partition coefficient (Wildman–Crippen LogP) is -0.00890. The molecule has 1 unspecified atom stereocenters. The third-order valence-electron chi connectivity index (χ3n) is 5.12. The lowest BCUT2D eigenvalue weighted by Gasteiger charge is -2.27. The van der Waals surface area contributed by atoms with Gasteiger partial charge in [-0.25, -0.2) is 0 Å². The minimum Gasteiger partial charge on any atom is -0.490 e. The number of carbonyl (C=O) groups excluding carboxylic acids is 4. The van der Waals surface area contributed by atoms with Crippen LogP contribution in [0.15, 0.2) is 18.2 Å². The maximum atomic E-state index is 13.0. The molecule has 1 atom stereocenters. The Hall–Kier alpha value is -3.35. The Morgan fingerprint density at radius 2 is 1.59 bits per heavy atom. The second-order valence-corrected chi connectivity index (χ2v) is 7.46. The van der Waals surface area contributed by atoms with E-state index in [0.717, 1.165) is 4.90 Å². The van der Waals surface area contributed by atoms with Crippen molar-refractivity contribution in [2.45, 2.75) is 25.3 Å². The molecule has 2 N–H and O–H groups in total. The fourth-order valence-corrected chi connectivity index (χ4v) is 3.52. The largest absolute Gasteiger partial charge is 0.490 e. The molecule has 0 radical (unpaired) electrons.